The first-order valence-electron chi connectivity index (χ1n) is 4.46. The van der Waals surface area contributed by atoms with Gasteiger partial charge in [0.25, 0.3) is 0 Å². The maximum Gasteiger partial charge on any atom is 0.0834 e. The van der Waals surface area contributed by atoms with Crippen LogP contribution in [0.15, 0.2) is 30.6 Å². The van der Waals surface area contributed by atoms with E-state index in [2.05, 4.69) is 16.2 Å². The number of aryl methyl sites for hydroxylation is 1. The minimum Gasteiger partial charge on any atom is -0.381 e. The number of fused-ring (bicyclic) bond motifs is 3. The molecule has 0 atom stereocenters. The van der Waals surface area contributed by atoms with E-state index >= 15 is 0 Å². The summed E-state index contributed by atoms with van der Waals surface area (Å²) in [5, 5.41) is 0. The van der Waals surface area contributed by atoms with Gasteiger partial charge in [-0.1, -0.05) is 31.3 Å². The molecule has 0 aliphatic rings. The summed E-state index contributed by atoms with van der Waals surface area (Å²) < 4.78 is 2.01. The maximum absolute atomic E-state index is 4.26. The van der Waals surface area contributed by atoms with E-state index in [1.807, 2.05) is 41.9 Å². The van der Waals surface area contributed by atoms with Crippen molar-refractivity contribution in [1.82, 2.24) is 14.4 Å². The van der Waals surface area contributed by atoms with Crippen molar-refractivity contribution in [3.05, 3.63) is 42.5 Å². The molecule has 2 aromatic heterocycles. The zero-order chi connectivity index (χ0) is 9.54. The molecule has 0 radical (unpaired) electrons. The van der Waals surface area contributed by atoms with E-state index in [1.165, 1.54) is 0 Å². The Kier molecular flexibility index (Phi) is 2.57. The monoisotopic (exact) mass is 366 g/mol. The van der Waals surface area contributed by atoms with E-state index in [9.17, 15) is 0 Å². The third-order valence-electron chi connectivity index (χ3n) is 2.37. The molecule has 0 unspecified atom stereocenters. The standard InChI is InChI=1S/C11H8N3.W/c1-8-11-6-12-9-4-2-3-5-10(9)14(11)7-13-8;/h2-5,7H,1H3;/q-1;. The quantitative estimate of drug-likeness (QED) is 0.570. The molecule has 0 amide bonds. The molecule has 0 saturated carbocycles. The van der Waals surface area contributed by atoms with E-state index in [1.54, 1.807) is 0 Å². The molecule has 15 heavy (non-hydrogen) atoms. The molecule has 1 aromatic carbocycles. The summed E-state index contributed by atoms with van der Waals surface area (Å²) in [5.74, 6) is 0. The Bertz CT molecular complexity index is 615. The van der Waals surface area contributed by atoms with Gasteiger partial charge >= 0.3 is 0 Å². The number of para-hydroxylation sites is 2. The van der Waals surface area contributed by atoms with Crippen LogP contribution in [0, 0.1) is 13.1 Å². The molecule has 0 aliphatic heterocycles. The molecule has 3 rings (SSSR count). The summed E-state index contributed by atoms with van der Waals surface area (Å²) in [7, 11) is 0. The van der Waals surface area contributed by atoms with Crippen LogP contribution in [0.5, 0.6) is 0 Å². The van der Waals surface area contributed by atoms with Crippen molar-refractivity contribution < 1.29 is 21.1 Å². The predicted molar refractivity (Wildman–Crippen MR) is 54.1 cm³/mol. The van der Waals surface area contributed by atoms with Crippen LogP contribution in [0.1, 0.15) is 5.69 Å². The molecule has 0 spiro atoms. The van der Waals surface area contributed by atoms with Gasteiger partial charge in [0.15, 0.2) is 0 Å². The Balaban J connectivity index is 0.000000853. The van der Waals surface area contributed by atoms with E-state index < -0.39 is 0 Å². The van der Waals surface area contributed by atoms with E-state index in [0.717, 1.165) is 22.2 Å². The van der Waals surface area contributed by atoms with E-state index in [4.69, 9.17) is 0 Å². The van der Waals surface area contributed by atoms with Crippen LogP contribution in [0.4, 0.5) is 0 Å². The summed E-state index contributed by atoms with van der Waals surface area (Å²) >= 11 is 0. The number of imidazole rings is 1. The molecule has 0 aliphatic carbocycles. The summed E-state index contributed by atoms with van der Waals surface area (Å²) in [4.78, 5) is 8.49. The van der Waals surface area contributed by atoms with Gasteiger partial charge in [0.05, 0.1) is 6.33 Å². The topological polar surface area (TPSA) is 30.2 Å². The molecule has 3 aromatic rings. The Hall–Kier alpha value is -1.21. The number of benzene rings is 1. The normalized spacial score (nSPS) is 10.5. The molecule has 74 valence electrons. The van der Waals surface area contributed by atoms with Gasteiger partial charge in [-0.2, -0.15) is 0 Å². The molecule has 0 fully saturated rings. The fourth-order valence-corrected chi connectivity index (χ4v) is 1.63. The fourth-order valence-electron chi connectivity index (χ4n) is 1.63. The van der Waals surface area contributed by atoms with Crippen molar-refractivity contribution in [2.75, 3.05) is 0 Å². The van der Waals surface area contributed by atoms with Gasteiger partial charge in [0.2, 0.25) is 0 Å². The molecule has 0 saturated heterocycles. The number of rotatable bonds is 0. The average molecular weight is 366 g/mol. The van der Waals surface area contributed by atoms with E-state index in [-0.39, 0.29) is 21.1 Å². The van der Waals surface area contributed by atoms with Crippen LogP contribution < -0.4 is 0 Å². The van der Waals surface area contributed by atoms with Crippen molar-refractivity contribution in [3.63, 3.8) is 0 Å². The molecular formula is C11H8N3W-. The van der Waals surface area contributed by atoms with Crippen molar-refractivity contribution >= 4 is 16.6 Å². The van der Waals surface area contributed by atoms with Crippen LogP contribution in [0.3, 0.4) is 0 Å². The molecule has 2 heterocycles. The zero-order valence-corrected chi connectivity index (χ0v) is 11.1. The summed E-state index contributed by atoms with van der Waals surface area (Å²) in [6.07, 6.45) is 4.80. The third-order valence-corrected chi connectivity index (χ3v) is 2.37. The van der Waals surface area contributed by atoms with Gasteiger partial charge in [0, 0.05) is 26.6 Å². The Morgan fingerprint density at radius 1 is 1.27 bits per heavy atom. The number of nitrogens with zero attached hydrogens (tertiary/aromatic N) is 3. The first-order valence-corrected chi connectivity index (χ1v) is 4.46. The minimum absolute atomic E-state index is 0. The second-order valence-electron chi connectivity index (χ2n) is 3.26. The summed E-state index contributed by atoms with van der Waals surface area (Å²) in [5.41, 5.74) is 3.92. The largest absolute Gasteiger partial charge is 0.381 e. The fraction of sp³-hybridized carbons (Fsp3) is 0.0909. The van der Waals surface area contributed by atoms with Crippen LogP contribution in [0.2, 0.25) is 0 Å². The zero-order valence-electron chi connectivity index (χ0n) is 8.14. The van der Waals surface area contributed by atoms with Crippen LogP contribution in [0.25, 0.3) is 16.6 Å². The Morgan fingerprint density at radius 2 is 2.07 bits per heavy atom. The number of hydrogen-bond donors (Lipinski definition) is 0. The SMILES string of the molecule is Cc1ncn2c1[c-]nc1ccccc12.[W]. The molecule has 0 bridgehead atoms. The predicted octanol–water partition coefficient (Wildman–Crippen LogP) is 1.99. The van der Waals surface area contributed by atoms with E-state index in [0.29, 0.717) is 0 Å². The first-order chi connectivity index (χ1) is 6.86. The van der Waals surface area contributed by atoms with Gasteiger partial charge in [-0.25, -0.2) is 0 Å². The number of hydrogen-bond acceptors (Lipinski definition) is 2. The van der Waals surface area contributed by atoms with Gasteiger partial charge in [-0.3, -0.25) is 0 Å². The Morgan fingerprint density at radius 3 is 2.93 bits per heavy atom. The van der Waals surface area contributed by atoms with Crippen molar-refractivity contribution in [1.29, 1.82) is 0 Å². The van der Waals surface area contributed by atoms with Gasteiger partial charge in [-0.15, -0.1) is 0 Å². The first kappa shape index (κ1) is 10.3. The summed E-state index contributed by atoms with van der Waals surface area (Å²) in [6, 6.07) is 7.97. The van der Waals surface area contributed by atoms with Crippen molar-refractivity contribution in [2.45, 2.75) is 6.92 Å². The second kappa shape index (κ2) is 3.74. The smallest absolute Gasteiger partial charge is 0.0834 e. The molecule has 0 N–H and O–H groups in total. The van der Waals surface area contributed by atoms with Crippen LogP contribution >= 0.6 is 0 Å². The number of aromatic nitrogens is 3. The average Bonchev–Trinajstić information content (AvgIpc) is 2.61. The van der Waals surface area contributed by atoms with Gasteiger partial charge in [-0.05, 0) is 22.8 Å². The van der Waals surface area contributed by atoms with Gasteiger partial charge in [0.1, 0.15) is 0 Å². The van der Waals surface area contributed by atoms with Crippen molar-refractivity contribution in [3.8, 4) is 0 Å². The molecule has 3 nitrogen and oxygen atoms in total. The second-order valence-corrected chi connectivity index (χ2v) is 3.26. The molecule has 4 heteroatoms. The molecular weight excluding hydrogens is 358 g/mol. The van der Waals surface area contributed by atoms with Crippen LogP contribution in [-0.4, -0.2) is 14.4 Å². The minimum atomic E-state index is 0. The third kappa shape index (κ3) is 1.47. The van der Waals surface area contributed by atoms with Gasteiger partial charge < -0.3 is 14.4 Å². The summed E-state index contributed by atoms with van der Waals surface area (Å²) in [6.45, 7) is 1.96. The maximum atomic E-state index is 4.26. The van der Waals surface area contributed by atoms with Crippen LogP contribution in [-0.2, 0) is 21.1 Å². The Labute approximate surface area is 101 Å². The van der Waals surface area contributed by atoms with Crippen molar-refractivity contribution in [2.24, 2.45) is 0 Å².